The quantitative estimate of drug-likeness (QED) is 0.563. The summed E-state index contributed by atoms with van der Waals surface area (Å²) in [4.78, 5) is 0. The van der Waals surface area contributed by atoms with E-state index >= 15 is 0 Å². The molecule has 0 aromatic heterocycles. The molecule has 5 heteroatoms. The van der Waals surface area contributed by atoms with Crippen LogP contribution in [0, 0.1) is 5.82 Å². The summed E-state index contributed by atoms with van der Waals surface area (Å²) in [6.45, 7) is 0. The van der Waals surface area contributed by atoms with Crippen molar-refractivity contribution in [1.82, 2.24) is 0 Å². The summed E-state index contributed by atoms with van der Waals surface area (Å²) in [6, 6.07) is 3.32. The number of benzene rings is 1. The third-order valence-electron chi connectivity index (χ3n) is 1.90. The van der Waals surface area contributed by atoms with Gasteiger partial charge in [-0.15, -0.1) is 0 Å². The Kier molecular flexibility index (Phi) is 4.53. The zero-order valence-electron chi connectivity index (χ0n) is 8.19. The SMILES string of the molecule is Fc1cccc(C=CCCBr)c1C(F)(F)F. The number of hydrogen-bond acceptors (Lipinski definition) is 0. The summed E-state index contributed by atoms with van der Waals surface area (Å²) < 4.78 is 50.7. The molecular formula is C11H9BrF4. The summed E-state index contributed by atoms with van der Waals surface area (Å²) in [5.41, 5.74) is -1.35. The Balaban J connectivity index is 3.14. The van der Waals surface area contributed by atoms with E-state index in [9.17, 15) is 17.6 Å². The molecule has 0 aliphatic heterocycles. The van der Waals surface area contributed by atoms with Gasteiger partial charge in [0.25, 0.3) is 0 Å². The first-order valence-electron chi connectivity index (χ1n) is 4.55. The fraction of sp³-hybridized carbons (Fsp3) is 0.273. The van der Waals surface area contributed by atoms with Crippen molar-refractivity contribution in [3.05, 3.63) is 41.2 Å². The lowest BCUT2D eigenvalue weighted by Crippen LogP contribution is -2.10. The third-order valence-corrected chi connectivity index (χ3v) is 2.36. The van der Waals surface area contributed by atoms with Crippen molar-refractivity contribution in [2.24, 2.45) is 0 Å². The van der Waals surface area contributed by atoms with Crippen molar-refractivity contribution < 1.29 is 17.6 Å². The molecule has 0 saturated carbocycles. The fourth-order valence-electron chi connectivity index (χ4n) is 1.25. The minimum Gasteiger partial charge on any atom is -0.206 e. The Morgan fingerprint density at radius 1 is 1.25 bits per heavy atom. The van der Waals surface area contributed by atoms with Crippen molar-refractivity contribution in [1.29, 1.82) is 0 Å². The van der Waals surface area contributed by atoms with Gasteiger partial charge in [-0.25, -0.2) is 4.39 Å². The highest BCUT2D eigenvalue weighted by molar-refractivity contribution is 9.09. The van der Waals surface area contributed by atoms with Crippen LogP contribution in [0.3, 0.4) is 0 Å². The number of alkyl halides is 4. The van der Waals surface area contributed by atoms with E-state index in [1.165, 1.54) is 18.2 Å². The van der Waals surface area contributed by atoms with Gasteiger partial charge in [-0.2, -0.15) is 13.2 Å². The molecule has 0 nitrogen and oxygen atoms in total. The van der Waals surface area contributed by atoms with E-state index in [1.807, 2.05) is 0 Å². The van der Waals surface area contributed by atoms with Gasteiger partial charge in [-0.05, 0) is 18.1 Å². The van der Waals surface area contributed by atoms with Gasteiger partial charge in [0.2, 0.25) is 0 Å². The van der Waals surface area contributed by atoms with Crippen LogP contribution in [0.25, 0.3) is 6.08 Å². The van der Waals surface area contributed by atoms with Crippen LogP contribution < -0.4 is 0 Å². The first kappa shape index (κ1) is 13.2. The van der Waals surface area contributed by atoms with Crippen LogP contribution in [-0.2, 0) is 6.18 Å². The lowest BCUT2D eigenvalue weighted by atomic mass is 10.1. The average Bonchev–Trinajstić information content (AvgIpc) is 2.16. The maximum absolute atomic E-state index is 13.1. The molecule has 1 aromatic rings. The minimum absolute atomic E-state index is 0.145. The van der Waals surface area contributed by atoms with Crippen LogP contribution in [0.5, 0.6) is 0 Å². The van der Waals surface area contributed by atoms with Crippen LogP contribution in [0.15, 0.2) is 24.3 Å². The Hall–Kier alpha value is -0.840. The lowest BCUT2D eigenvalue weighted by Gasteiger charge is -2.10. The monoisotopic (exact) mass is 296 g/mol. The highest BCUT2D eigenvalue weighted by Crippen LogP contribution is 2.34. The summed E-state index contributed by atoms with van der Waals surface area (Å²) in [5, 5.41) is 0.653. The number of rotatable bonds is 3. The molecule has 0 aliphatic carbocycles. The predicted molar refractivity (Wildman–Crippen MR) is 58.8 cm³/mol. The van der Waals surface area contributed by atoms with Gasteiger partial charge in [0.05, 0.1) is 5.56 Å². The van der Waals surface area contributed by atoms with E-state index in [1.54, 1.807) is 6.08 Å². The molecule has 0 fully saturated rings. The first-order chi connectivity index (χ1) is 7.46. The topological polar surface area (TPSA) is 0 Å². The van der Waals surface area contributed by atoms with Gasteiger partial charge in [-0.3, -0.25) is 0 Å². The Morgan fingerprint density at radius 3 is 2.50 bits per heavy atom. The molecular weight excluding hydrogens is 288 g/mol. The van der Waals surface area contributed by atoms with Crippen LogP contribution in [0.2, 0.25) is 0 Å². The van der Waals surface area contributed by atoms with Gasteiger partial charge >= 0.3 is 6.18 Å². The standard InChI is InChI=1S/C11H9BrF4/c12-7-2-1-4-8-5-3-6-9(13)10(8)11(14,15)16/h1,3-6H,2,7H2. The van der Waals surface area contributed by atoms with Crippen molar-refractivity contribution in [3.8, 4) is 0 Å². The molecule has 0 amide bonds. The molecule has 88 valence electrons. The van der Waals surface area contributed by atoms with E-state index in [4.69, 9.17) is 0 Å². The van der Waals surface area contributed by atoms with Crippen LogP contribution >= 0.6 is 15.9 Å². The van der Waals surface area contributed by atoms with E-state index in [-0.39, 0.29) is 5.56 Å². The van der Waals surface area contributed by atoms with Crippen molar-refractivity contribution in [3.63, 3.8) is 0 Å². The largest absolute Gasteiger partial charge is 0.419 e. The summed E-state index contributed by atoms with van der Waals surface area (Å²) in [5.74, 6) is -1.24. The first-order valence-corrected chi connectivity index (χ1v) is 5.67. The van der Waals surface area contributed by atoms with Gasteiger partial charge in [0.15, 0.2) is 0 Å². The van der Waals surface area contributed by atoms with Crippen LogP contribution in [0.4, 0.5) is 17.6 Å². The molecule has 1 rings (SSSR count). The molecule has 0 spiro atoms. The van der Waals surface area contributed by atoms with Crippen molar-refractivity contribution in [2.75, 3.05) is 5.33 Å². The van der Waals surface area contributed by atoms with Gasteiger partial charge in [-0.1, -0.05) is 40.2 Å². The Morgan fingerprint density at radius 2 is 1.94 bits per heavy atom. The molecule has 0 N–H and O–H groups in total. The molecule has 1 aromatic carbocycles. The second-order valence-corrected chi connectivity index (χ2v) is 3.87. The van der Waals surface area contributed by atoms with Gasteiger partial charge in [0.1, 0.15) is 5.82 Å². The highest BCUT2D eigenvalue weighted by atomic mass is 79.9. The third kappa shape index (κ3) is 3.33. The molecule has 0 saturated heterocycles. The fourth-order valence-corrected chi connectivity index (χ4v) is 1.52. The smallest absolute Gasteiger partial charge is 0.206 e. The van der Waals surface area contributed by atoms with Crippen molar-refractivity contribution in [2.45, 2.75) is 12.6 Å². The molecule has 0 aliphatic rings. The number of halogens is 5. The van der Waals surface area contributed by atoms with Gasteiger partial charge < -0.3 is 0 Å². The molecule has 0 bridgehead atoms. The zero-order chi connectivity index (χ0) is 12.2. The molecule has 0 heterocycles. The van der Waals surface area contributed by atoms with E-state index in [0.29, 0.717) is 11.8 Å². The minimum atomic E-state index is -4.67. The molecule has 16 heavy (non-hydrogen) atoms. The maximum Gasteiger partial charge on any atom is 0.419 e. The van der Waals surface area contributed by atoms with Gasteiger partial charge in [0, 0.05) is 5.33 Å². The maximum atomic E-state index is 13.1. The predicted octanol–water partition coefficient (Wildman–Crippen LogP) is 4.64. The average molecular weight is 297 g/mol. The highest BCUT2D eigenvalue weighted by Gasteiger charge is 2.35. The second kappa shape index (κ2) is 5.48. The summed E-state index contributed by atoms with van der Waals surface area (Å²) >= 11 is 3.15. The second-order valence-electron chi connectivity index (χ2n) is 3.08. The van der Waals surface area contributed by atoms with Crippen molar-refractivity contribution >= 4 is 22.0 Å². The molecule has 0 atom stereocenters. The Bertz CT molecular complexity index is 382. The van der Waals surface area contributed by atoms with Crippen LogP contribution in [-0.4, -0.2) is 5.33 Å². The summed E-state index contributed by atoms with van der Waals surface area (Å²) in [7, 11) is 0. The number of hydrogen-bond donors (Lipinski definition) is 0. The number of allylic oxidation sites excluding steroid dienone is 1. The van der Waals surface area contributed by atoms with Crippen LogP contribution in [0.1, 0.15) is 17.5 Å². The van der Waals surface area contributed by atoms with E-state index < -0.39 is 17.6 Å². The Labute approximate surface area is 99.1 Å². The van der Waals surface area contributed by atoms with E-state index in [0.717, 1.165) is 6.07 Å². The molecule has 0 radical (unpaired) electrons. The normalized spacial score (nSPS) is 12.3. The lowest BCUT2D eigenvalue weighted by molar-refractivity contribution is -0.140. The molecule has 0 unspecified atom stereocenters. The zero-order valence-corrected chi connectivity index (χ0v) is 9.78. The van der Waals surface area contributed by atoms with E-state index in [2.05, 4.69) is 15.9 Å². The summed E-state index contributed by atoms with van der Waals surface area (Å²) in [6.07, 6.45) is -1.22.